The van der Waals surface area contributed by atoms with Crippen molar-refractivity contribution in [2.75, 3.05) is 53.6 Å². The number of benzene rings is 1. The van der Waals surface area contributed by atoms with E-state index in [1.165, 1.54) is 18.4 Å². The molecule has 1 unspecified atom stereocenters. The number of hydrogen-bond donors (Lipinski definition) is 2. The van der Waals surface area contributed by atoms with E-state index in [4.69, 9.17) is 9.47 Å². The highest BCUT2D eigenvalue weighted by Crippen LogP contribution is 2.26. The lowest BCUT2D eigenvalue weighted by atomic mass is 10.1. The summed E-state index contributed by atoms with van der Waals surface area (Å²) >= 11 is 0. The summed E-state index contributed by atoms with van der Waals surface area (Å²) in [7, 11) is 3.52. The van der Waals surface area contributed by atoms with E-state index < -0.39 is 0 Å². The van der Waals surface area contributed by atoms with Crippen LogP contribution in [0.5, 0.6) is 5.75 Å². The Balaban J connectivity index is 1.91. The predicted octanol–water partition coefficient (Wildman–Crippen LogP) is 2.42. The van der Waals surface area contributed by atoms with Gasteiger partial charge in [-0.15, -0.1) is 0 Å². The third kappa shape index (κ3) is 6.50. The Labute approximate surface area is 158 Å². The number of ether oxygens (including phenoxy) is 2. The highest BCUT2D eigenvalue weighted by atomic mass is 16.5. The fourth-order valence-corrected chi connectivity index (χ4v) is 3.28. The highest BCUT2D eigenvalue weighted by Gasteiger charge is 2.23. The van der Waals surface area contributed by atoms with Crippen molar-refractivity contribution in [2.45, 2.75) is 32.2 Å². The normalized spacial score (nSPS) is 16.5. The number of rotatable bonds is 10. The van der Waals surface area contributed by atoms with Crippen LogP contribution in [-0.4, -0.2) is 64.4 Å². The number of aliphatic imine (C=N–C) groups is 1. The summed E-state index contributed by atoms with van der Waals surface area (Å²) in [5, 5.41) is 6.85. The Kier molecular flexibility index (Phi) is 9.28. The van der Waals surface area contributed by atoms with Crippen LogP contribution in [0.3, 0.4) is 0 Å². The van der Waals surface area contributed by atoms with Crippen LogP contribution in [0.1, 0.15) is 37.8 Å². The Morgan fingerprint density at radius 2 is 1.92 bits per heavy atom. The Morgan fingerprint density at radius 1 is 1.19 bits per heavy atom. The molecule has 0 spiro atoms. The van der Waals surface area contributed by atoms with Gasteiger partial charge in [0, 0.05) is 33.4 Å². The van der Waals surface area contributed by atoms with E-state index >= 15 is 0 Å². The van der Waals surface area contributed by atoms with E-state index in [2.05, 4.69) is 32.7 Å². The van der Waals surface area contributed by atoms with E-state index in [1.54, 1.807) is 7.11 Å². The zero-order valence-corrected chi connectivity index (χ0v) is 16.5. The van der Waals surface area contributed by atoms with Crippen molar-refractivity contribution >= 4 is 5.96 Å². The van der Waals surface area contributed by atoms with Gasteiger partial charge in [-0.25, -0.2) is 0 Å². The van der Waals surface area contributed by atoms with Crippen molar-refractivity contribution < 1.29 is 9.47 Å². The van der Waals surface area contributed by atoms with Crippen molar-refractivity contribution in [1.29, 1.82) is 0 Å². The maximum Gasteiger partial charge on any atom is 0.191 e. The number of methoxy groups -OCH3 is 1. The second kappa shape index (κ2) is 11.8. The van der Waals surface area contributed by atoms with Crippen LogP contribution in [0.25, 0.3) is 0 Å². The Bertz CT molecular complexity index is 527. The van der Waals surface area contributed by atoms with Crippen LogP contribution in [0.15, 0.2) is 29.3 Å². The first-order valence-corrected chi connectivity index (χ1v) is 9.68. The van der Waals surface area contributed by atoms with Gasteiger partial charge in [-0.3, -0.25) is 9.89 Å². The van der Waals surface area contributed by atoms with Crippen molar-refractivity contribution in [3.63, 3.8) is 0 Å². The Morgan fingerprint density at radius 3 is 2.54 bits per heavy atom. The molecule has 146 valence electrons. The maximum atomic E-state index is 5.37. The lowest BCUT2D eigenvalue weighted by Crippen LogP contribution is -2.43. The van der Waals surface area contributed by atoms with Gasteiger partial charge < -0.3 is 20.1 Å². The lowest BCUT2D eigenvalue weighted by molar-refractivity contribution is 0.145. The second-order valence-corrected chi connectivity index (χ2v) is 6.46. The van der Waals surface area contributed by atoms with Crippen molar-refractivity contribution in [2.24, 2.45) is 4.99 Å². The maximum absolute atomic E-state index is 5.37. The van der Waals surface area contributed by atoms with Crippen LogP contribution in [0, 0.1) is 0 Å². The van der Waals surface area contributed by atoms with Crippen LogP contribution in [0.2, 0.25) is 0 Å². The van der Waals surface area contributed by atoms with Gasteiger partial charge in [-0.1, -0.05) is 12.1 Å². The SMILES string of the molecule is CCOCCCNC(=NC)NCC(c1ccc(OC)cc1)N1CCCC1. The average molecular weight is 363 g/mol. The number of hydrogen-bond acceptors (Lipinski definition) is 4. The highest BCUT2D eigenvalue weighted by molar-refractivity contribution is 5.79. The number of likely N-dealkylation sites (tertiary alicyclic amines) is 1. The van der Waals surface area contributed by atoms with Gasteiger partial charge in [0.05, 0.1) is 13.2 Å². The molecule has 0 radical (unpaired) electrons. The molecule has 0 aromatic heterocycles. The van der Waals surface area contributed by atoms with Crippen molar-refractivity contribution in [3.8, 4) is 5.75 Å². The largest absolute Gasteiger partial charge is 0.497 e. The summed E-state index contributed by atoms with van der Waals surface area (Å²) in [4.78, 5) is 6.89. The van der Waals surface area contributed by atoms with Crippen molar-refractivity contribution in [1.82, 2.24) is 15.5 Å². The summed E-state index contributed by atoms with van der Waals surface area (Å²) in [6, 6.07) is 8.76. The molecule has 1 aromatic rings. The standard InChI is InChI=1S/C20H34N4O2/c1-4-26-15-7-12-22-20(21-2)23-16-19(24-13-5-6-14-24)17-8-10-18(25-3)11-9-17/h8-11,19H,4-7,12-16H2,1-3H3,(H2,21,22,23). The van der Waals surface area contributed by atoms with E-state index in [9.17, 15) is 0 Å². The number of nitrogens with one attached hydrogen (secondary N) is 2. The summed E-state index contributed by atoms with van der Waals surface area (Å²) in [5.74, 6) is 1.74. The molecule has 2 rings (SSSR count). The van der Waals surface area contributed by atoms with E-state index in [1.807, 2.05) is 26.1 Å². The first-order valence-electron chi connectivity index (χ1n) is 9.68. The molecule has 1 saturated heterocycles. The number of guanidine groups is 1. The van der Waals surface area contributed by atoms with E-state index in [-0.39, 0.29) is 0 Å². The zero-order valence-electron chi connectivity index (χ0n) is 16.5. The molecule has 1 aromatic carbocycles. The Hall–Kier alpha value is -1.79. The molecule has 6 nitrogen and oxygen atoms in total. The molecule has 1 aliphatic rings. The molecule has 1 fully saturated rings. The van der Waals surface area contributed by atoms with Crippen LogP contribution in [-0.2, 0) is 4.74 Å². The molecule has 0 aliphatic carbocycles. The monoisotopic (exact) mass is 362 g/mol. The van der Waals surface area contributed by atoms with Gasteiger partial charge in [0.2, 0.25) is 0 Å². The summed E-state index contributed by atoms with van der Waals surface area (Å²) < 4.78 is 10.7. The molecule has 26 heavy (non-hydrogen) atoms. The minimum atomic E-state index is 0.338. The molecular formula is C20H34N4O2. The smallest absolute Gasteiger partial charge is 0.191 e. The third-order valence-electron chi connectivity index (χ3n) is 4.73. The quantitative estimate of drug-likeness (QED) is 0.380. The average Bonchev–Trinajstić information content (AvgIpc) is 3.21. The fraction of sp³-hybridized carbons (Fsp3) is 0.650. The molecule has 0 amide bonds. The molecule has 1 atom stereocenters. The third-order valence-corrected chi connectivity index (χ3v) is 4.73. The molecule has 0 bridgehead atoms. The van der Waals surface area contributed by atoms with E-state index in [0.29, 0.717) is 6.04 Å². The van der Waals surface area contributed by atoms with Gasteiger partial charge in [0.25, 0.3) is 0 Å². The molecule has 1 heterocycles. The summed E-state index contributed by atoms with van der Waals surface area (Å²) in [6.45, 7) is 7.56. The lowest BCUT2D eigenvalue weighted by Gasteiger charge is -2.29. The van der Waals surface area contributed by atoms with Crippen LogP contribution < -0.4 is 15.4 Å². The van der Waals surface area contributed by atoms with Crippen molar-refractivity contribution in [3.05, 3.63) is 29.8 Å². The predicted molar refractivity (Wildman–Crippen MR) is 107 cm³/mol. The molecule has 1 aliphatic heterocycles. The van der Waals surface area contributed by atoms with Crippen LogP contribution >= 0.6 is 0 Å². The molecular weight excluding hydrogens is 328 g/mol. The van der Waals surface area contributed by atoms with E-state index in [0.717, 1.165) is 57.5 Å². The molecule has 0 saturated carbocycles. The molecule has 6 heteroatoms. The topological polar surface area (TPSA) is 58.1 Å². The summed E-state index contributed by atoms with van der Waals surface area (Å²) in [6.07, 6.45) is 3.52. The second-order valence-electron chi connectivity index (χ2n) is 6.46. The van der Waals surface area contributed by atoms with Gasteiger partial charge in [0.15, 0.2) is 5.96 Å². The minimum absolute atomic E-state index is 0.338. The van der Waals surface area contributed by atoms with Crippen LogP contribution in [0.4, 0.5) is 0 Å². The van der Waals surface area contributed by atoms with Gasteiger partial charge in [-0.05, 0) is 57.0 Å². The minimum Gasteiger partial charge on any atom is -0.497 e. The van der Waals surface area contributed by atoms with Gasteiger partial charge in [-0.2, -0.15) is 0 Å². The zero-order chi connectivity index (χ0) is 18.6. The summed E-state index contributed by atoms with van der Waals surface area (Å²) in [5.41, 5.74) is 1.31. The number of nitrogens with zero attached hydrogens (tertiary/aromatic N) is 2. The van der Waals surface area contributed by atoms with Gasteiger partial charge >= 0.3 is 0 Å². The first-order chi connectivity index (χ1) is 12.8. The van der Waals surface area contributed by atoms with Gasteiger partial charge in [0.1, 0.15) is 5.75 Å². The first kappa shape index (κ1) is 20.5. The molecule has 2 N–H and O–H groups in total. The fourth-order valence-electron chi connectivity index (χ4n) is 3.28.